The molecule has 0 aromatic heterocycles. The predicted molar refractivity (Wildman–Crippen MR) is 62.0 cm³/mol. The summed E-state index contributed by atoms with van der Waals surface area (Å²) >= 11 is 0. The predicted octanol–water partition coefficient (Wildman–Crippen LogP) is 3.21. The first kappa shape index (κ1) is 11.9. The molecule has 0 bridgehead atoms. The van der Waals surface area contributed by atoms with Gasteiger partial charge in [0.2, 0.25) is 0 Å². The molecule has 0 heterocycles. The summed E-state index contributed by atoms with van der Waals surface area (Å²) in [4.78, 5) is 0. The zero-order valence-electron chi connectivity index (χ0n) is 9.15. The minimum atomic E-state index is -1.01. The van der Waals surface area contributed by atoms with Crippen LogP contribution in [0.5, 0.6) is 11.5 Å². The Morgan fingerprint density at radius 1 is 1.06 bits per heavy atom. The van der Waals surface area contributed by atoms with Gasteiger partial charge in [0.1, 0.15) is 17.6 Å². The first-order valence-electron chi connectivity index (χ1n) is 5.02. The van der Waals surface area contributed by atoms with E-state index in [1.807, 2.05) is 6.07 Å². The Kier molecular flexibility index (Phi) is 3.11. The number of nitrogens with two attached hydrogens (primary N) is 1. The fourth-order valence-electron chi connectivity index (χ4n) is 1.39. The van der Waals surface area contributed by atoms with Gasteiger partial charge in [-0.2, -0.15) is 5.26 Å². The second-order valence-electron chi connectivity index (χ2n) is 3.55. The highest BCUT2D eigenvalue weighted by molar-refractivity contribution is 5.54. The van der Waals surface area contributed by atoms with E-state index in [4.69, 9.17) is 15.7 Å². The molecule has 0 aliphatic rings. The van der Waals surface area contributed by atoms with Gasteiger partial charge < -0.3 is 10.5 Å². The molecule has 5 heteroatoms. The number of nitrogens with zero attached hydrogens (tertiary/aromatic N) is 1. The van der Waals surface area contributed by atoms with Crippen LogP contribution >= 0.6 is 0 Å². The lowest BCUT2D eigenvalue weighted by molar-refractivity contribution is 0.460. The highest BCUT2D eigenvalue weighted by Crippen LogP contribution is 2.27. The molecule has 0 aliphatic carbocycles. The molecule has 2 aromatic carbocycles. The fraction of sp³-hybridized carbons (Fsp3) is 0. The third kappa shape index (κ3) is 2.38. The maximum Gasteiger partial charge on any atom is 0.162 e. The van der Waals surface area contributed by atoms with Gasteiger partial charge in [0, 0.05) is 11.8 Å². The standard InChI is InChI=1S/C13H8F2N2O/c14-11-3-2-10(6-12(11)15)18-13-4-1-9(17)5-8(13)7-16/h1-6H,17H2. The Morgan fingerprint density at radius 3 is 2.50 bits per heavy atom. The van der Waals surface area contributed by atoms with Crippen LogP contribution in [0.25, 0.3) is 0 Å². The van der Waals surface area contributed by atoms with Crippen molar-refractivity contribution in [3.8, 4) is 17.6 Å². The molecule has 0 amide bonds. The van der Waals surface area contributed by atoms with Crippen molar-refractivity contribution >= 4 is 5.69 Å². The zero-order valence-corrected chi connectivity index (χ0v) is 9.15. The number of halogens is 2. The summed E-state index contributed by atoms with van der Waals surface area (Å²) in [6, 6.07) is 9.53. The van der Waals surface area contributed by atoms with Gasteiger partial charge in [-0.15, -0.1) is 0 Å². The Labute approximate surface area is 102 Å². The first-order valence-corrected chi connectivity index (χ1v) is 5.02. The molecule has 2 N–H and O–H groups in total. The van der Waals surface area contributed by atoms with Crippen LogP contribution in [0.1, 0.15) is 5.56 Å². The smallest absolute Gasteiger partial charge is 0.162 e. The van der Waals surface area contributed by atoms with Crippen molar-refractivity contribution in [2.75, 3.05) is 5.73 Å². The van der Waals surface area contributed by atoms with Crippen LogP contribution in [-0.2, 0) is 0 Å². The average Bonchev–Trinajstić information content (AvgIpc) is 2.36. The quantitative estimate of drug-likeness (QED) is 0.827. The van der Waals surface area contributed by atoms with E-state index < -0.39 is 11.6 Å². The lowest BCUT2D eigenvalue weighted by atomic mass is 10.2. The number of hydrogen-bond donors (Lipinski definition) is 1. The second-order valence-corrected chi connectivity index (χ2v) is 3.55. The van der Waals surface area contributed by atoms with Gasteiger partial charge in [0.05, 0.1) is 5.56 Å². The fourth-order valence-corrected chi connectivity index (χ4v) is 1.39. The van der Waals surface area contributed by atoms with Gasteiger partial charge in [0.25, 0.3) is 0 Å². The molecule has 0 unspecified atom stereocenters. The maximum atomic E-state index is 13.0. The number of nitriles is 1. The van der Waals surface area contributed by atoms with E-state index in [0.717, 1.165) is 12.1 Å². The normalized spacial score (nSPS) is 9.83. The van der Waals surface area contributed by atoms with Crippen LogP contribution in [0, 0.1) is 23.0 Å². The van der Waals surface area contributed by atoms with Crippen LogP contribution in [-0.4, -0.2) is 0 Å². The maximum absolute atomic E-state index is 13.0. The second kappa shape index (κ2) is 4.72. The van der Waals surface area contributed by atoms with Gasteiger partial charge in [-0.05, 0) is 30.3 Å². The van der Waals surface area contributed by atoms with Gasteiger partial charge >= 0.3 is 0 Å². The topological polar surface area (TPSA) is 59.0 Å². The number of benzene rings is 2. The van der Waals surface area contributed by atoms with Crippen LogP contribution in [0.3, 0.4) is 0 Å². The van der Waals surface area contributed by atoms with E-state index in [-0.39, 0.29) is 17.1 Å². The summed E-state index contributed by atoms with van der Waals surface area (Å²) in [6.45, 7) is 0. The summed E-state index contributed by atoms with van der Waals surface area (Å²) < 4.78 is 31.0. The van der Waals surface area contributed by atoms with Gasteiger partial charge in [-0.3, -0.25) is 0 Å². The van der Waals surface area contributed by atoms with Crippen molar-refractivity contribution < 1.29 is 13.5 Å². The Hall–Kier alpha value is -2.61. The van der Waals surface area contributed by atoms with Crippen molar-refractivity contribution in [1.29, 1.82) is 5.26 Å². The number of ether oxygens (including phenoxy) is 1. The van der Waals surface area contributed by atoms with E-state index >= 15 is 0 Å². The molecule has 0 fully saturated rings. The molecule has 2 rings (SSSR count). The third-order valence-electron chi connectivity index (χ3n) is 2.24. The molecule has 0 radical (unpaired) electrons. The SMILES string of the molecule is N#Cc1cc(N)ccc1Oc1ccc(F)c(F)c1. The molecule has 3 nitrogen and oxygen atoms in total. The molecule has 0 spiro atoms. The minimum absolute atomic E-state index is 0.107. The van der Waals surface area contributed by atoms with Crippen molar-refractivity contribution in [2.24, 2.45) is 0 Å². The van der Waals surface area contributed by atoms with E-state index in [9.17, 15) is 8.78 Å². The first-order chi connectivity index (χ1) is 8.60. The van der Waals surface area contributed by atoms with Gasteiger partial charge in [0.15, 0.2) is 11.6 Å². The minimum Gasteiger partial charge on any atom is -0.456 e. The number of anilines is 1. The van der Waals surface area contributed by atoms with E-state index in [2.05, 4.69) is 0 Å². The van der Waals surface area contributed by atoms with Crippen LogP contribution < -0.4 is 10.5 Å². The molecule has 2 aromatic rings. The van der Waals surface area contributed by atoms with Crippen molar-refractivity contribution in [3.63, 3.8) is 0 Å². The molecule has 0 atom stereocenters. The van der Waals surface area contributed by atoms with Crippen LogP contribution in [0.15, 0.2) is 36.4 Å². The zero-order chi connectivity index (χ0) is 13.1. The van der Waals surface area contributed by atoms with E-state index in [0.29, 0.717) is 5.69 Å². The van der Waals surface area contributed by atoms with Crippen LogP contribution in [0.4, 0.5) is 14.5 Å². The Balaban J connectivity index is 2.34. The Bertz CT molecular complexity index is 635. The molecule has 18 heavy (non-hydrogen) atoms. The number of hydrogen-bond acceptors (Lipinski definition) is 3. The largest absolute Gasteiger partial charge is 0.456 e. The summed E-state index contributed by atoms with van der Waals surface area (Å²) in [6.07, 6.45) is 0. The number of rotatable bonds is 2. The molecule has 90 valence electrons. The van der Waals surface area contributed by atoms with E-state index in [1.54, 1.807) is 6.07 Å². The van der Waals surface area contributed by atoms with Crippen molar-refractivity contribution in [1.82, 2.24) is 0 Å². The average molecular weight is 246 g/mol. The summed E-state index contributed by atoms with van der Waals surface area (Å²) in [5.74, 6) is -1.63. The molecule has 0 saturated heterocycles. The molecular weight excluding hydrogens is 238 g/mol. The lowest BCUT2D eigenvalue weighted by Gasteiger charge is -2.08. The van der Waals surface area contributed by atoms with Crippen LogP contribution in [0.2, 0.25) is 0 Å². The lowest BCUT2D eigenvalue weighted by Crippen LogP contribution is -1.92. The monoisotopic (exact) mass is 246 g/mol. The number of nitrogen functional groups attached to an aromatic ring is 1. The van der Waals surface area contributed by atoms with Gasteiger partial charge in [-0.1, -0.05) is 0 Å². The molecular formula is C13H8F2N2O. The van der Waals surface area contributed by atoms with Crippen molar-refractivity contribution in [3.05, 3.63) is 53.6 Å². The van der Waals surface area contributed by atoms with Crippen molar-refractivity contribution in [2.45, 2.75) is 0 Å². The van der Waals surface area contributed by atoms with E-state index in [1.165, 1.54) is 18.2 Å². The summed E-state index contributed by atoms with van der Waals surface area (Å²) in [7, 11) is 0. The Morgan fingerprint density at radius 2 is 1.83 bits per heavy atom. The molecule has 0 aliphatic heterocycles. The summed E-state index contributed by atoms with van der Waals surface area (Å²) in [5.41, 5.74) is 6.17. The highest BCUT2D eigenvalue weighted by Gasteiger charge is 2.08. The van der Waals surface area contributed by atoms with Gasteiger partial charge in [-0.25, -0.2) is 8.78 Å². The summed E-state index contributed by atoms with van der Waals surface area (Å²) in [5, 5.41) is 8.90. The highest BCUT2D eigenvalue weighted by atomic mass is 19.2. The molecule has 0 saturated carbocycles. The third-order valence-corrected chi connectivity index (χ3v) is 2.24.